The number of fused-ring (bicyclic) bond motifs is 1. The van der Waals surface area contributed by atoms with Crippen LogP contribution in [-0.4, -0.2) is 42.8 Å². The molecule has 2 heterocycles. The van der Waals surface area contributed by atoms with E-state index in [0.717, 1.165) is 17.4 Å². The van der Waals surface area contributed by atoms with E-state index in [-0.39, 0.29) is 6.61 Å². The molecule has 0 saturated carbocycles. The minimum Gasteiger partial charge on any atom is -0.373 e. The standard InChI is InChI=1S/C23H26O6/c1-22(2)27-19-20(26-14-18-11-7-4-8-12-18)23(15-24,29-21(19)28-22)16-25-13-17-9-5-3-6-10-17/h3-12,15,19-21H,13-14,16H2,1-2H3/t19?,20?,21?,23-/m1/s1. The van der Waals surface area contributed by atoms with Crippen LogP contribution in [0.3, 0.4) is 0 Å². The van der Waals surface area contributed by atoms with Crippen LogP contribution in [0, 0.1) is 0 Å². The van der Waals surface area contributed by atoms with Gasteiger partial charge in [-0.05, 0) is 25.0 Å². The molecular weight excluding hydrogens is 372 g/mol. The van der Waals surface area contributed by atoms with Gasteiger partial charge in [0.25, 0.3) is 0 Å². The molecule has 0 bridgehead atoms. The second kappa shape index (κ2) is 8.34. The predicted octanol–water partition coefficient (Wildman–Crippen LogP) is 3.23. The Kier molecular flexibility index (Phi) is 5.81. The topological polar surface area (TPSA) is 63.2 Å². The molecule has 0 N–H and O–H groups in total. The third-order valence-electron chi connectivity index (χ3n) is 5.11. The molecule has 29 heavy (non-hydrogen) atoms. The number of rotatable bonds is 8. The number of benzene rings is 2. The van der Waals surface area contributed by atoms with Gasteiger partial charge in [0.05, 0.1) is 19.8 Å². The lowest BCUT2D eigenvalue weighted by Crippen LogP contribution is -2.51. The minimum absolute atomic E-state index is 0.0466. The zero-order chi connectivity index (χ0) is 20.3. The molecule has 6 nitrogen and oxygen atoms in total. The molecule has 6 heteroatoms. The monoisotopic (exact) mass is 398 g/mol. The molecule has 0 amide bonds. The van der Waals surface area contributed by atoms with Gasteiger partial charge in [0, 0.05) is 0 Å². The third-order valence-corrected chi connectivity index (χ3v) is 5.11. The number of aldehydes is 1. The molecule has 0 aromatic heterocycles. The Bertz CT molecular complexity index is 809. The highest BCUT2D eigenvalue weighted by Gasteiger charge is 2.63. The van der Waals surface area contributed by atoms with Crippen LogP contribution in [0.2, 0.25) is 0 Å². The van der Waals surface area contributed by atoms with Crippen molar-refractivity contribution in [3.05, 3.63) is 71.8 Å². The first-order valence-electron chi connectivity index (χ1n) is 9.78. The van der Waals surface area contributed by atoms with E-state index < -0.39 is 29.9 Å². The highest BCUT2D eigenvalue weighted by molar-refractivity contribution is 5.65. The average molecular weight is 398 g/mol. The summed E-state index contributed by atoms with van der Waals surface area (Å²) in [6.07, 6.45) is -1.09. The Morgan fingerprint density at radius 1 is 0.897 bits per heavy atom. The second-order valence-electron chi connectivity index (χ2n) is 7.85. The van der Waals surface area contributed by atoms with E-state index in [1.54, 1.807) is 0 Å². The summed E-state index contributed by atoms with van der Waals surface area (Å²) >= 11 is 0. The smallest absolute Gasteiger partial charge is 0.191 e. The van der Waals surface area contributed by atoms with E-state index in [1.807, 2.05) is 74.5 Å². The van der Waals surface area contributed by atoms with Crippen LogP contribution in [0.25, 0.3) is 0 Å². The molecule has 154 valence electrons. The summed E-state index contributed by atoms with van der Waals surface area (Å²) in [5, 5.41) is 0. The summed E-state index contributed by atoms with van der Waals surface area (Å²) in [4.78, 5) is 12.2. The van der Waals surface area contributed by atoms with Gasteiger partial charge in [-0.1, -0.05) is 60.7 Å². The molecule has 4 atom stereocenters. The van der Waals surface area contributed by atoms with E-state index in [4.69, 9.17) is 23.7 Å². The normalized spacial score (nSPS) is 30.2. The predicted molar refractivity (Wildman–Crippen MR) is 105 cm³/mol. The fraction of sp³-hybridized carbons (Fsp3) is 0.435. The number of hydrogen-bond acceptors (Lipinski definition) is 6. The minimum atomic E-state index is -1.30. The molecule has 2 saturated heterocycles. The van der Waals surface area contributed by atoms with E-state index in [2.05, 4.69) is 0 Å². The van der Waals surface area contributed by atoms with Crippen molar-refractivity contribution in [3.63, 3.8) is 0 Å². The third kappa shape index (κ3) is 4.42. The van der Waals surface area contributed by atoms with Crippen LogP contribution in [0.4, 0.5) is 0 Å². The molecule has 2 aromatic rings. The van der Waals surface area contributed by atoms with E-state index >= 15 is 0 Å². The van der Waals surface area contributed by atoms with Crippen molar-refractivity contribution in [2.45, 2.75) is 56.9 Å². The Balaban J connectivity index is 1.49. The lowest BCUT2D eigenvalue weighted by molar-refractivity contribution is -0.246. The molecule has 2 aliphatic rings. The fourth-order valence-electron chi connectivity index (χ4n) is 3.76. The van der Waals surface area contributed by atoms with Crippen LogP contribution in [0.15, 0.2) is 60.7 Å². The van der Waals surface area contributed by atoms with Crippen LogP contribution in [-0.2, 0) is 41.7 Å². The Morgan fingerprint density at radius 3 is 2.14 bits per heavy atom. The SMILES string of the molecule is CC1(C)OC2O[C@](C=O)(COCc3ccccc3)C(OCc3ccccc3)C2O1. The second-order valence-corrected chi connectivity index (χ2v) is 7.85. The van der Waals surface area contributed by atoms with Crippen molar-refractivity contribution < 1.29 is 28.5 Å². The van der Waals surface area contributed by atoms with Crippen molar-refractivity contribution in [2.24, 2.45) is 0 Å². The van der Waals surface area contributed by atoms with Crippen molar-refractivity contribution in [1.29, 1.82) is 0 Å². The lowest BCUT2D eigenvalue weighted by atomic mass is 9.97. The quantitative estimate of drug-likeness (QED) is 0.636. The number of carbonyl (C=O) groups excluding carboxylic acids is 1. The molecule has 0 spiro atoms. The van der Waals surface area contributed by atoms with Gasteiger partial charge in [0.1, 0.15) is 12.2 Å². The van der Waals surface area contributed by atoms with Crippen molar-refractivity contribution in [1.82, 2.24) is 0 Å². The van der Waals surface area contributed by atoms with E-state index in [0.29, 0.717) is 13.2 Å². The van der Waals surface area contributed by atoms with Gasteiger partial charge in [0.15, 0.2) is 24.0 Å². The average Bonchev–Trinajstić information content (AvgIpc) is 3.17. The van der Waals surface area contributed by atoms with Gasteiger partial charge in [-0.15, -0.1) is 0 Å². The van der Waals surface area contributed by atoms with Crippen LogP contribution in [0.1, 0.15) is 25.0 Å². The Morgan fingerprint density at radius 2 is 1.52 bits per heavy atom. The molecule has 3 unspecified atom stereocenters. The first-order valence-corrected chi connectivity index (χ1v) is 9.78. The Labute approximate surface area is 170 Å². The van der Waals surface area contributed by atoms with Crippen molar-refractivity contribution in [3.8, 4) is 0 Å². The molecule has 4 rings (SSSR count). The maximum atomic E-state index is 12.2. The summed E-state index contributed by atoms with van der Waals surface area (Å²) in [5.74, 6) is -0.802. The maximum Gasteiger partial charge on any atom is 0.191 e. The van der Waals surface area contributed by atoms with Crippen molar-refractivity contribution in [2.75, 3.05) is 6.61 Å². The van der Waals surface area contributed by atoms with Crippen molar-refractivity contribution >= 4 is 6.29 Å². The first kappa shape index (κ1) is 20.2. The van der Waals surface area contributed by atoms with Gasteiger partial charge in [0.2, 0.25) is 0 Å². The highest BCUT2D eigenvalue weighted by atomic mass is 16.8. The molecule has 0 radical (unpaired) electrons. The summed E-state index contributed by atoms with van der Waals surface area (Å²) in [7, 11) is 0. The number of ether oxygens (including phenoxy) is 5. The summed E-state index contributed by atoms with van der Waals surface area (Å²) < 4.78 is 29.9. The lowest BCUT2D eigenvalue weighted by Gasteiger charge is -2.32. The molecular formula is C23H26O6. The number of carbonyl (C=O) groups is 1. The molecule has 2 fully saturated rings. The fourth-order valence-corrected chi connectivity index (χ4v) is 3.76. The zero-order valence-electron chi connectivity index (χ0n) is 16.7. The maximum absolute atomic E-state index is 12.2. The van der Waals surface area contributed by atoms with Crippen LogP contribution in [0.5, 0.6) is 0 Å². The molecule has 2 aliphatic heterocycles. The largest absolute Gasteiger partial charge is 0.373 e. The highest BCUT2D eigenvalue weighted by Crippen LogP contribution is 2.43. The summed E-state index contributed by atoms with van der Waals surface area (Å²) in [6.45, 7) is 4.38. The summed E-state index contributed by atoms with van der Waals surface area (Å²) in [6, 6.07) is 19.5. The first-order chi connectivity index (χ1) is 14.0. The zero-order valence-corrected chi connectivity index (χ0v) is 16.7. The van der Waals surface area contributed by atoms with E-state index in [1.165, 1.54) is 0 Å². The summed E-state index contributed by atoms with van der Waals surface area (Å²) in [5.41, 5.74) is 0.719. The van der Waals surface area contributed by atoms with Crippen LogP contribution < -0.4 is 0 Å². The number of hydrogen-bond donors (Lipinski definition) is 0. The van der Waals surface area contributed by atoms with Crippen LogP contribution >= 0.6 is 0 Å². The van der Waals surface area contributed by atoms with Gasteiger partial charge in [-0.2, -0.15) is 0 Å². The molecule has 0 aliphatic carbocycles. The van der Waals surface area contributed by atoms with Gasteiger partial charge in [-0.25, -0.2) is 0 Å². The van der Waals surface area contributed by atoms with Gasteiger partial charge >= 0.3 is 0 Å². The molecule has 2 aromatic carbocycles. The van der Waals surface area contributed by atoms with Gasteiger partial charge < -0.3 is 23.7 Å². The van der Waals surface area contributed by atoms with E-state index in [9.17, 15) is 4.79 Å². The Hall–Kier alpha value is -2.09. The van der Waals surface area contributed by atoms with Gasteiger partial charge in [-0.3, -0.25) is 4.79 Å².